The molecule has 1 aromatic rings. The number of aliphatic hydroxyl groups is 1. The molecule has 0 aromatic heterocycles. The number of fused-ring (bicyclic) bond motifs is 1. The average molecular weight is 207 g/mol. The first-order valence-corrected chi connectivity index (χ1v) is 5.42. The number of benzene rings is 1. The number of aliphatic hydroxyl groups excluding tert-OH is 1. The molecule has 0 bridgehead atoms. The van der Waals surface area contributed by atoms with Gasteiger partial charge in [0.1, 0.15) is 6.61 Å². The van der Waals surface area contributed by atoms with Crippen molar-refractivity contribution in [3.05, 3.63) is 35.2 Å². The van der Waals surface area contributed by atoms with Gasteiger partial charge in [0.2, 0.25) is 0 Å². The molecule has 1 heterocycles. The highest BCUT2D eigenvalue weighted by atomic mass is 32.2. The Hall–Kier alpha value is -1.26. The van der Waals surface area contributed by atoms with Crippen LogP contribution in [-0.4, -0.2) is 17.5 Å². The minimum atomic E-state index is -0.744. The Kier molecular flexibility index (Phi) is 2.31. The molecule has 1 atom stereocenters. The summed E-state index contributed by atoms with van der Waals surface area (Å²) >= 11 is 0. The van der Waals surface area contributed by atoms with Crippen molar-refractivity contribution in [2.75, 3.05) is 6.61 Å². The number of carbonyl (C=O) groups is 1. The number of Topliss-reactive ketones (excluding diaryl/α,β-unsaturated/α-hetero) is 1. The molecule has 3 nitrogen and oxygen atoms in total. The van der Waals surface area contributed by atoms with Gasteiger partial charge >= 0.3 is 0 Å². The molecule has 0 radical (unpaired) electrons. The largest absolute Gasteiger partial charge is 0.388 e. The first-order valence-electron chi connectivity index (χ1n) is 4.13. The summed E-state index contributed by atoms with van der Waals surface area (Å²) < 4.78 is 7.73. The van der Waals surface area contributed by atoms with Crippen LogP contribution in [0.15, 0.2) is 34.6 Å². The van der Waals surface area contributed by atoms with E-state index in [2.05, 4.69) is 0 Å². The summed E-state index contributed by atoms with van der Waals surface area (Å²) in [5.41, 5.74) is 1.28. The Bertz CT molecular complexity index is 451. The van der Waals surface area contributed by atoms with Crippen molar-refractivity contribution in [3.8, 4) is 0 Å². The van der Waals surface area contributed by atoms with Crippen LogP contribution in [-0.2, 0) is 15.5 Å². The summed E-state index contributed by atoms with van der Waals surface area (Å²) in [5.74, 6) is -0.306. The molecule has 72 valence electrons. The van der Waals surface area contributed by atoms with Gasteiger partial charge in [-0.2, -0.15) is 0 Å². The second kappa shape index (κ2) is 3.48. The lowest BCUT2D eigenvalue weighted by Crippen LogP contribution is -2.05. The molecule has 14 heavy (non-hydrogen) atoms. The number of ketones is 1. The molecule has 1 aliphatic heterocycles. The quantitative estimate of drug-likeness (QED) is 0.768. The van der Waals surface area contributed by atoms with Gasteiger partial charge in [-0.1, -0.05) is 18.2 Å². The fraction of sp³-hybridized carbons (Fsp3) is 0.100. The summed E-state index contributed by atoms with van der Waals surface area (Å²) in [4.78, 5) is 12.2. The molecule has 0 fully saturated rings. The highest BCUT2D eigenvalue weighted by Crippen LogP contribution is 2.31. The number of nitrogens with one attached hydrogen (secondary N) is 1. The van der Waals surface area contributed by atoms with Crippen LogP contribution in [0.1, 0.15) is 5.56 Å². The lowest BCUT2D eigenvalue weighted by atomic mass is 10.0. The maximum absolute atomic E-state index is 11.3. The second-order valence-corrected chi connectivity index (χ2v) is 4.30. The zero-order valence-electron chi connectivity index (χ0n) is 7.36. The average Bonchev–Trinajstić information content (AvgIpc) is 2.56. The fourth-order valence-electron chi connectivity index (χ4n) is 1.43. The van der Waals surface area contributed by atoms with Crippen LogP contribution < -0.4 is 0 Å². The molecular formula is C10H9NO2S. The Morgan fingerprint density at radius 1 is 1.43 bits per heavy atom. The highest BCUT2D eigenvalue weighted by molar-refractivity contribution is 7.89. The van der Waals surface area contributed by atoms with Gasteiger partial charge in [-0.25, -0.2) is 0 Å². The predicted octanol–water partition coefficient (Wildman–Crippen LogP) is 1.34. The number of rotatable bonds is 2. The maximum atomic E-state index is 11.3. The van der Waals surface area contributed by atoms with Crippen molar-refractivity contribution in [2.45, 2.75) is 4.90 Å². The zero-order chi connectivity index (χ0) is 10.1. The molecule has 0 saturated heterocycles. The van der Waals surface area contributed by atoms with E-state index in [9.17, 15) is 4.79 Å². The van der Waals surface area contributed by atoms with Gasteiger partial charge in [0.15, 0.2) is 5.78 Å². The molecule has 0 spiro atoms. The lowest BCUT2D eigenvalue weighted by Gasteiger charge is -2.00. The third-order valence-corrected chi connectivity index (χ3v) is 3.40. The van der Waals surface area contributed by atoms with E-state index in [-0.39, 0.29) is 5.78 Å². The smallest absolute Gasteiger partial charge is 0.189 e. The van der Waals surface area contributed by atoms with E-state index >= 15 is 0 Å². The Morgan fingerprint density at radius 2 is 2.14 bits per heavy atom. The van der Waals surface area contributed by atoms with Crippen LogP contribution in [0.5, 0.6) is 0 Å². The SMILES string of the molecule is N=S1C=C(C(=O)CO)c2ccccc21. The van der Waals surface area contributed by atoms with Crippen LogP contribution in [0, 0.1) is 4.78 Å². The van der Waals surface area contributed by atoms with Crippen molar-refractivity contribution < 1.29 is 9.90 Å². The monoisotopic (exact) mass is 207 g/mol. The van der Waals surface area contributed by atoms with Crippen molar-refractivity contribution >= 4 is 22.0 Å². The third kappa shape index (κ3) is 1.32. The summed E-state index contributed by atoms with van der Waals surface area (Å²) in [7, 11) is -0.744. The molecule has 1 unspecified atom stereocenters. The molecule has 1 aromatic carbocycles. The van der Waals surface area contributed by atoms with Crippen LogP contribution in [0.4, 0.5) is 0 Å². The molecule has 2 rings (SSSR count). The molecule has 0 aliphatic carbocycles. The highest BCUT2D eigenvalue weighted by Gasteiger charge is 2.21. The van der Waals surface area contributed by atoms with Gasteiger partial charge < -0.3 is 5.11 Å². The standard InChI is InChI=1S/C10H9NO2S/c11-14-6-8(9(13)5-12)7-3-1-2-4-10(7)14/h1-4,6,11-12H,5H2. The van der Waals surface area contributed by atoms with Crippen molar-refractivity contribution in [1.29, 1.82) is 4.78 Å². The molecular weight excluding hydrogens is 198 g/mol. The van der Waals surface area contributed by atoms with Gasteiger partial charge in [0.25, 0.3) is 0 Å². The van der Waals surface area contributed by atoms with Crippen molar-refractivity contribution in [3.63, 3.8) is 0 Å². The molecule has 2 N–H and O–H groups in total. The molecule has 0 saturated carbocycles. The summed E-state index contributed by atoms with van der Waals surface area (Å²) in [6, 6.07) is 7.35. The van der Waals surface area contributed by atoms with Crippen molar-refractivity contribution in [1.82, 2.24) is 0 Å². The minimum Gasteiger partial charge on any atom is -0.388 e. The van der Waals surface area contributed by atoms with Crippen molar-refractivity contribution in [2.24, 2.45) is 0 Å². The van der Waals surface area contributed by atoms with Gasteiger partial charge in [0, 0.05) is 16.0 Å². The maximum Gasteiger partial charge on any atom is 0.189 e. The van der Waals surface area contributed by atoms with E-state index in [1.165, 1.54) is 0 Å². The molecule has 0 amide bonds. The van der Waals surface area contributed by atoms with E-state index < -0.39 is 17.3 Å². The third-order valence-electron chi connectivity index (χ3n) is 2.09. The minimum absolute atomic E-state index is 0.306. The van der Waals surface area contributed by atoms with E-state index in [1.54, 1.807) is 5.41 Å². The van der Waals surface area contributed by atoms with E-state index in [1.807, 2.05) is 24.3 Å². The first kappa shape index (κ1) is 9.30. The first-order chi connectivity index (χ1) is 6.74. The predicted molar refractivity (Wildman–Crippen MR) is 54.9 cm³/mol. The number of carbonyl (C=O) groups excluding carboxylic acids is 1. The summed E-state index contributed by atoms with van der Waals surface area (Å²) in [6.07, 6.45) is 0. The van der Waals surface area contributed by atoms with E-state index in [0.29, 0.717) is 5.57 Å². The van der Waals surface area contributed by atoms with Crippen LogP contribution >= 0.6 is 0 Å². The molecule has 1 aliphatic rings. The van der Waals surface area contributed by atoms with Gasteiger partial charge in [-0.3, -0.25) is 9.57 Å². The van der Waals surface area contributed by atoms with Gasteiger partial charge in [-0.15, -0.1) is 0 Å². The number of hydrogen-bond donors (Lipinski definition) is 2. The fourth-order valence-corrected chi connectivity index (χ4v) is 2.69. The number of hydrogen-bond acceptors (Lipinski definition) is 3. The summed E-state index contributed by atoms with van der Waals surface area (Å²) in [6.45, 7) is -0.489. The Balaban J connectivity index is 2.54. The zero-order valence-corrected chi connectivity index (χ0v) is 8.17. The van der Waals surface area contributed by atoms with Crippen LogP contribution in [0.2, 0.25) is 0 Å². The van der Waals surface area contributed by atoms with Gasteiger partial charge in [0.05, 0.1) is 0 Å². The summed E-state index contributed by atoms with van der Waals surface area (Å²) in [5, 5.41) is 10.4. The van der Waals surface area contributed by atoms with Gasteiger partial charge in [-0.05, 0) is 22.2 Å². The topological polar surface area (TPSA) is 61.2 Å². The van der Waals surface area contributed by atoms with Crippen LogP contribution in [0.3, 0.4) is 0 Å². The van der Waals surface area contributed by atoms with E-state index in [4.69, 9.17) is 9.89 Å². The normalized spacial score (nSPS) is 18.9. The van der Waals surface area contributed by atoms with E-state index in [0.717, 1.165) is 10.5 Å². The Labute approximate surface area is 84.0 Å². The molecule has 4 heteroatoms. The second-order valence-electron chi connectivity index (χ2n) is 2.95. The van der Waals surface area contributed by atoms with Crippen LogP contribution in [0.25, 0.3) is 5.57 Å². The lowest BCUT2D eigenvalue weighted by molar-refractivity contribution is -0.116. The Morgan fingerprint density at radius 3 is 2.86 bits per heavy atom.